The van der Waals surface area contributed by atoms with Crippen molar-refractivity contribution in [2.45, 2.75) is 77.6 Å². The Labute approximate surface area is 164 Å². The van der Waals surface area contributed by atoms with Crippen LogP contribution in [0.3, 0.4) is 0 Å². The van der Waals surface area contributed by atoms with Gasteiger partial charge in [-0.3, -0.25) is 0 Å². The van der Waals surface area contributed by atoms with Gasteiger partial charge in [0.15, 0.2) is 0 Å². The molecule has 0 aliphatic rings. The second-order valence-electron chi connectivity index (χ2n) is 10.4. The van der Waals surface area contributed by atoms with Crippen LogP contribution >= 0.6 is 0 Å². The molecular weight excluding hydrogens is 439 g/mol. The maximum absolute atomic E-state index is 3.60. The van der Waals surface area contributed by atoms with E-state index >= 15 is 0 Å². The van der Waals surface area contributed by atoms with Crippen molar-refractivity contribution >= 4 is 34.5 Å². The zero-order chi connectivity index (χ0) is 20.2. The SMILES string of the molecule is CC(C)(C)C#C[Si](C)(C)C#[C][Sn]([CH3])([CH3])[C]#C[Si](C)(C)C#CC(C)(C)C. The molecule has 0 unspecified atom stereocenters. The Hall–Kier alpha value is -0.528. The molecule has 0 aromatic heterocycles. The first kappa shape index (κ1) is 24.5. The normalized spacial score (nSPS) is 12.3. The molecule has 0 nitrogen and oxygen atoms in total. The number of hydrogen-bond donors (Lipinski definition) is 0. The summed E-state index contributed by atoms with van der Waals surface area (Å²) in [6.07, 6.45) is 0. The molecule has 25 heavy (non-hydrogen) atoms. The summed E-state index contributed by atoms with van der Waals surface area (Å²) >= 11 is -2.65. The molecule has 0 aliphatic carbocycles. The van der Waals surface area contributed by atoms with Crippen molar-refractivity contribution in [1.82, 2.24) is 0 Å². The van der Waals surface area contributed by atoms with Gasteiger partial charge in [0.1, 0.15) is 0 Å². The summed E-state index contributed by atoms with van der Waals surface area (Å²) in [7, 11) is -3.58. The summed E-state index contributed by atoms with van der Waals surface area (Å²) in [5.41, 5.74) is 14.1. The summed E-state index contributed by atoms with van der Waals surface area (Å²) in [4.78, 5) is 4.61. The van der Waals surface area contributed by atoms with E-state index in [0.29, 0.717) is 0 Å². The molecule has 3 heteroatoms. The van der Waals surface area contributed by atoms with Gasteiger partial charge in [0, 0.05) is 0 Å². The zero-order valence-corrected chi connectivity index (χ0v) is 23.4. The van der Waals surface area contributed by atoms with Gasteiger partial charge in [-0.1, -0.05) is 0 Å². The second kappa shape index (κ2) is 8.44. The molecule has 0 aromatic carbocycles. The Kier molecular flexibility index (Phi) is 8.26. The Bertz CT molecular complexity index is 662. The van der Waals surface area contributed by atoms with Crippen LogP contribution in [0.5, 0.6) is 0 Å². The van der Waals surface area contributed by atoms with Crippen molar-refractivity contribution in [1.29, 1.82) is 0 Å². The van der Waals surface area contributed by atoms with Crippen molar-refractivity contribution < 1.29 is 0 Å². The third kappa shape index (κ3) is 14.3. The van der Waals surface area contributed by atoms with Crippen molar-refractivity contribution in [3.63, 3.8) is 0 Å². The monoisotopic (exact) mass is 476 g/mol. The molecule has 0 heterocycles. The summed E-state index contributed by atoms with van der Waals surface area (Å²) < 4.78 is 7.20. The number of hydrogen-bond acceptors (Lipinski definition) is 0. The molecule has 0 saturated heterocycles. The zero-order valence-electron chi connectivity index (χ0n) is 18.5. The average Bonchev–Trinajstić information content (AvgIpc) is 2.39. The Morgan fingerprint density at radius 3 is 1.08 bits per heavy atom. The maximum atomic E-state index is 3.60. The predicted molar refractivity (Wildman–Crippen MR) is 122 cm³/mol. The molecule has 0 aromatic rings. The van der Waals surface area contributed by atoms with Crippen LogP contribution in [0, 0.1) is 52.7 Å². The van der Waals surface area contributed by atoms with Gasteiger partial charge < -0.3 is 0 Å². The summed E-state index contributed by atoms with van der Waals surface area (Å²) in [5, 5.41) is 0. The van der Waals surface area contributed by atoms with Crippen molar-refractivity contribution in [2.75, 3.05) is 0 Å². The van der Waals surface area contributed by atoms with Crippen molar-refractivity contribution in [3.05, 3.63) is 0 Å². The molecular formula is C22H36Si2Sn. The van der Waals surface area contributed by atoms with Crippen LogP contribution in [0.2, 0.25) is 36.1 Å². The van der Waals surface area contributed by atoms with Crippen LogP contribution < -0.4 is 0 Å². The van der Waals surface area contributed by atoms with E-state index in [1.54, 1.807) is 0 Å². The fraction of sp³-hybridized carbons (Fsp3) is 0.636. The van der Waals surface area contributed by atoms with Crippen molar-refractivity contribution in [3.8, 4) is 41.9 Å². The minimum absolute atomic E-state index is 0.0475. The molecule has 0 bridgehead atoms. The van der Waals surface area contributed by atoms with E-state index in [1.165, 1.54) is 0 Å². The van der Waals surface area contributed by atoms with Crippen molar-refractivity contribution in [2.24, 2.45) is 10.8 Å². The van der Waals surface area contributed by atoms with E-state index in [4.69, 9.17) is 0 Å². The molecule has 0 N–H and O–H groups in total. The molecule has 136 valence electrons. The van der Waals surface area contributed by atoms with Crippen LogP contribution in [0.15, 0.2) is 0 Å². The van der Waals surface area contributed by atoms with E-state index in [9.17, 15) is 0 Å². The van der Waals surface area contributed by atoms with Gasteiger partial charge in [-0.15, -0.1) is 0 Å². The topological polar surface area (TPSA) is 0 Å². The van der Waals surface area contributed by atoms with Crippen LogP contribution in [-0.4, -0.2) is 34.5 Å². The Balaban J connectivity index is 5.45. The molecule has 0 radical (unpaired) electrons. The standard InChI is InChI=1S/2C10H15Si.2CH3.Sn/c2*1-7-11(5,6)9-8-10(2,3)4;;;/h2*2-6H3;2*1H3;. The molecule has 0 spiro atoms. The van der Waals surface area contributed by atoms with Gasteiger partial charge in [-0.05, 0) is 0 Å². The van der Waals surface area contributed by atoms with Gasteiger partial charge in [0.25, 0.3) is 0 Å². The van der Waals surface area contributed by atoms with Gasteiger partial charge in [0.05, 0.1) is 0 Å². The quantitative estimate of drug-likeness (QED) is 0.323. The second-order valence-corrected chi connectivity index (χ2v) is 28.6. The van der Waals surface area contributed by atoms with Crippen LogP contribution in [-0.2, 0) is 0 Å². The van der Waals surface area contributed by atoms with E-state index in [-0.39, 0.29) is 10.8 Å². The fourth-order valence-corrected chi connectivity index (χ4v) is 15.0. The average molecular weight is 475 g/mol. The Morgan fingerprint density at radius 1 is 0.560 bits per heavy atom. The van der Waals surface area contributed by atoms with Gasteiger partial charge in [-0.2, -0.15) is 0 Å². The van der Waals surface area contributed by atoms with Gasteiger partial charge in [0.2, 0.25) is 0 Å². The molecule has 0 atom stereocenters. The van der Waals surface area contributed by atoms with Gasteiger partial charge >= 0.3 is 165 Å². The fourth-order valence-electron chi connectivity index (χ4n) is 1.41. The van der Waals surface area contributed by atoms with Crippen LogP contribution in [0.4, 0.5) is 0 Å². The van der Waals surface area contributed by atoms with Crippen LogP contribution in [0.25, 0.3) is 0 Å². The van der Waals surface area contributed by atoms with E-state index < -0.39 is 34.5 Å². The first-order valence-corrected chi connectivity index (χ1v) is 23.6. The Morgan fingerprint density at radius 2 is 0.840 bits per heavy atom. The summed E-state index contributed by atoms with van der Waals surface area (Å²) in [6, 6.07) is 0. The van der Waals surface area contributed by atoms with Crippen LogP contribution in [0.1, 0.15) is 41.5 Å². The third-order valence-electron chi connectivity index (χ3n) is 2.88. The summed E-state index contributed by atoms with van der Waals surface area (Å²) in [5.74, 6) is 6.74. The van der Waals surface area contributed by atoms with Gasteiger partial charge in [-0.25, -0.2) is 0 Å². The predicted octanol–water partition coefficient (Wildman–Crippen LogP) is 5.45. The molecule has 0 amide bonds. The third-order valence-corrected chi connectivity index (χ3v) is 11.6. The molecule has 0 rings (SSSR count). The molecule has 0 fully saturated rings. The first-order chi connectivity index (χ1) is 10.8. The molecule has 0 saturated carbocycles. The van der Waals surface area contributed by atoms with E-state index in [1.807, 2.05) is 0 Å². The number of rotatable bonds is 0. The first-order valence-electron chi connectivity index (χ1n) is 9.00. The van der Waals surface area contributed by atoms with E-state index in [2.05, 4.69) is 119 Å². The summed E-state index contributed by atoms with van der Waals surface area (Å²) in [6.45, 7) is 21.9. The minimum atomic E-state index is -2.65. The molecule has 0 aliphatic heterocycles. The van der Waals surface area contributed by atoms with E-state index in [0.717, 1.165) is 0 Å².